The van der Waals surface area contributed by atoms with Crippen LogP contribution in [0.2, 0.25) is 0 Å². The van der Waals surface area contributed by atoms with Gasteiger partial charge in [0.2, 0.25) is 0 Å². The second-order valence-electron chi connectivity index (χ2n) is 6.42. The predicted octanol–water partition coefficient (Wildman–Crippen LogP) is 2.67. The quantitative estimate of drug-likeness (QED) is 0.769. The molecule has 0 aliphatic carbocycles. The van der Waals surface area contributed by atoms with Crippen molar-refractivity contribution in [3.63, 3.8) is 0 Å². The third-order valence-corrected chi connectivity index (χ3v) is 4.73. The zero-order valence-corrected chi connectivity index (χ0v) is 14.3. The standard InChI is InChI=1S/C20H27N3O/c1-24-14-13-23-12-11-17(15-23)22-20(16-7-3-2-4-8-16)18-9-5-6-10-19(18)21/h2-10,17,20,22H,11-15,21H2,1H3. The second-order valence-corrected chi connectivity index (χ2v) is 6.42. The topological polar surface area (TPSA) is 50.5 Å². The van der Waals surface area contributed by atoms with Crippen molar-refractivity contribution in [2.45, 2.75) is 18.5 Å². The lowest BCUT2D eigenvalue weighted by atomic mass is 9.96. The Morgan fingerprint density at radius 2 is 1.92 bits per heavy atom. The summed E-state index contributed by atoms with van der Waals surface area (Å²) >= 11 is 0. The summed E-state index contributed by atoms with van der Waals surface area (Å²) < 4.78 is 5.20. The molecule has 1 aliphatic heterocycles. The van der Waals surface area contributed by atoms with E-state index in [1.54, 1.807) is 7.11 Å². The fraction of sp³-hybridized carbons (Fsp3) is 0.400. The van der Waals surface area contributed by atoms with Gasteiger partial charge in [-0.2, -0.15) is 0 Å². The van der Waals surface area contributed by atoms with Gasteiger partial charge in [-0.3, -0.25) is 4.90 Å². The Kier molecular flexibility index (Phi) is 5.86. The monoisotopic (exact) mass is 325 g/mol. The zero-order valence-electron chi connectivity index (χ0n) is 14.3. The van der Waals surface area contributed by atoms with E-state index in [9.17, 15) is 0 Å². The van der Waals surface area contributed by atoms with Crippen molar-refractivity contribution in [2.75, 3.05) is 39.1 Å². The molecule has 0 radical (unpaired) electrons. The van der Waals surface area contributed by atoms with E-state index in [1.165, 1.54) is 5.56 Å². The number of nitrogens with two attached hydrogens (primary N) is 1. The normalized spacial score (nSPS) is 19.5. The summed E-state index contributed by atoms with van der Waals surface area (Å²) in [5.74, 6) is 0. The summed E-state index contributed by atoms with van der Waals surface area (Å²) in [5, 5.41) is 3.83. The maximum Gasteiger partial charge on any atom is 0.0599 e. The van der Waals surface area contributed by atoms with Crippen molar-refractivity contribution < 1.29 is 4.74 Å². The Balaban J connectivity index is 1.76. The first-order chi connectivity index (χ1) is 11.8. The van der Waals surface area contributed by atoms with E-state index in [2.05, 4.69) is 52.7 Å². The number of methoxy groups -OCH3 is 1. The predicted molar refractivity (Wildman–Crippen MR) is 99.0 cm³/mol. The number of hydrogen-bond acceptors (Lipinski definition) is 4. The van der Waals surface area contributed by atoms with Crippen LogP contribution in [0.1, 0.15) is 23.6 Å². The molecule has 2 unspecified atom stereocenters. The van der Waals surface area contributed by atoms with E-state index in [1.807, 2.05) is 12.1 Å². The van der Waals surface area contributed by atoms with Crippen molar-refractivity contribution in [1.82, 2.24) is 10.2 Å². The van der Waals surface area contributed by atoms with E-state index in [-0.39, 0.29) is 6.04 Å². The average Bonchev–Trinajstić information content (AvgIpc) is 3.07. The van der Waals surface area contributed by atoms with Gasteiger partial charge in [-0.15, -0.1) is 0 Å². The molecule has 2 aromatic rings. The molecular weight excluding hydrogens is 298 g/mol. The number of likely N-dealkylation sites (tertiary alicyclic amines) is 1. The molecule has 128 valence electrons. The third-order valence-electron chi connectivity index (χ3n) is 4.73. The number of nitrogen functional groups attached to an aromatic ring is 1. The summed E-state index contributed by atoms with van der Waals surface area (Å²) in [4.78, 5) is 2.46. The lowest BCUT2D eigenvalue weighted by Crippen LogP contribution is -2.36. The van der Waals surface area contributed by atoms with Crippen molar-refractivity contribution in [1.29, 1.82) is 0 Å². The highest BCUT2D eigenvalue weighted by molar-refractivity contribution is 5.51. The van der Waals surface area contributed by atoms with Crippen LogP contribution in [0, 0.1) is 0 Å². The smallest absolute Gasteiger partial charge is 0.0599 e. The molecule has 1 fully saturated rings. The first-order valence-electron chi connectivity index (χ1n) is 8.64. The fourth-order valence-corrected chi connectivity index (χ4v) is 3.41. The van der Waals surface area contributed by atoms with Crippen molar-refractivity contribution in [3.8, 4) is 0 Å². The van der Waals surface area contributed by atoms with Gasteiger partial charge >= 0.3 is 0 Å². The minimum Gasteiger partial charge on any atom is -0.398 e. The third kappa shape index (κ3) is 4.15. The first-order valence-corrected chi connectivity index (χ1v) is 8.64. The Bertz CT molecular complexity index is 632. The Labute approximate surface area is 144 Å². The van der Waals surface area contributed by atoms with Crippen LogP contribution >= 0.6 is 0 Å². The molecule has 2 aromatic carbocycles. The van der Waals surface area contributed by atoms with E-state index in [4.69, 9.17) is 10.5 Å². The molecule has 0 amide bonds. The number of ether oxygens (including phenoxy) is 1. The minimum absolute atomic E-state index is 0.125. The zero-order chi connectivity index (χ0) is 16.8. The summed E-state index contributed by atoms with van der Waals surface area (Å²) in [6, 6.07) is 19.3. The van der Waals surface area contributed by atoms with Crippen molar-refractivity contribution in [2.24, 2.45) is 0 Å². The Morgan fingerprint density at radius 1 is 1.17 bits per heavy atom. The van der Waals surface area contributed by atoms with Gasteiger partial charge in [0, 0.05) is 31.9 Å². The summed E-state index contributed by atoms with van der Waals surface area (Å²) in [6.07, 6.45) is 1.15. The van der Waals surface area contributed by atoms with Gasteiger partial charge in [-0.05, 0) is 30.2 Å². The van der Waals surface area contributed by atoms with E-state index < -0.39 is 0 Å². The molecule has 2 atom stereocenters. The molecule has 1 saturated heterocycles. The van der Waals surface area contributed by atoms with Crippen LogP contribution in [-0.4, -0.2) is 44.3 Å². The van der Waals surface area contributed by atoms with Gasteiger partial charge < -0.3 is 15.8 Å². The van der Waals surface area contributed by atoms with Gasteiger partial charge in [0.25, 0.3) is 0 Å². The molecule has 4 nitrogen and oxygen atoms in total. The molecule has 0 aromatic heterocycles. The van der Waals surface area contributed by atoms with E-state index in [0.29, 0.717) is 6.04 Å². The van der Waals surface area contributed by atoms with Crippen LogP contribution in [0.25, 0.3) is 0 Å². The molecule has 4 heteroatoms. The fourth-order valence-electron chi connectivity index (χ4n) is 3.41. The number of nitrogens with zero attached hydrogens (tertiary/aromatic N) is 1. The largest absolute Gasteiger partial charge is 0.398 e. The van der Waals surface area contributed by atoms with Gasteiger partial charge in [0.1, 0.15) is 0 Å². The van der Waals surface area contributed by atoms with Crippen LogP contribution < -0.4 is 11.1 Å². The maximum atomic E-state index is 6.26. The summed E-state index contributed by atoms with van der Waals surface area (Å²) in [5.41, 5.74) is 9.51. The second kappa shape index (κ2) is 8.29. The minimum atomic E-state index is 0.125. The van der Waals surface area contributed by atoms with Crippen LogP contribution in [0.4, 0.5) is 5.69 Å². The molecule has 0 bridgehead atoms. The highest BCUT2D eigenvalue weighted by Crippen LogP contribution is 2.28. The van der Waals surface area contributed by atoms with Gasteiger partial charge in [-0.25, -0.2) is 0 Å². The van der Waals surface area contributed by atoms with Crippen molar-refractivity contribution in [3.05, 3.63) is 65.7 Å². The molecule has 0 spiro atoms. The summed E-state index contributed by atoms with van der Waals surface area (Å²) in [6.45, 7) is 3.96. The lowest BCUT2D eigenvalue weighted by molar-refractivity contribution is 0.159. The average molecular weight is 325 g/mol. The summed E-state index contributed by atoms with van der Waals surface area (Å²) in [7, 11) is 1.76. The van der Waals surface area contributed by atoms with Gasteiger partial charge in [-0.1, -0.05) is 48.5 Å². The molecule has 3 rings (SSSR count). The highest BCUT2D eigenvalue weighted by atomic mass is 16.5. The molecule has 1 aliphatic rings. The molecule has 24 heavy (non-hydrogen) atoms. The molecule has 1 heterocycles. The number of anilines is 1. The number of hydrogen-bond donors (Lipinski definition) is 2. The van der Waals surface area contributed by atoms with Crippen LogP contribution in [0.5, 0.6) is 0 Å². The van der Waals surface area contributed by atoms with Crippen molar-refractivity contribution >= 4 is 5.69 Å². The Hall–Kier alpha value is -1.88. The van der Waals surface area contributed by atoms with Gasteiger partial charge in [0.05, 0.1) is 12.6 Å². The number of para-hydroxylation sites is 1. The molecular formula is C20H27N3O. The lowest BCUT2D eigenvalue weighted by Gasteiger charge is -2.25. The number of nitrogens with one attached hydrogen (secondary N) is 1. The van der Waals surface area contributed by atoms with Crippen LogP contribution in [-0.2, 0) is 4.74 Å². The van der Waals surface area contributed by atoms with Crippen LogP contribution in [0.3, 0.4) is 0 Å². The molecule has 3 N–H and O–H groups in total. The molecule has 0 saturated carbocycles. The maximum absolute atomic E-state index is 6.26. The van der Waals surface area contributed by atoms with Gasteiger partial charge in [0.15, 0.2) is 0 Å². The highest BCUT2D eigenvalue weighted by Gasteiger charge is 2.26. The number of rotatable bonds is 7. The first kappa shape index (κ1) is 17.0. The van der Waals surface area contributed by atoms with E-state index in [0.717, 1.165) is 43.9 Å². The van der Waals surface area contributed by atoms with E-state index >= 15 is 0 Å². The van der Waals surface area contributed by atoms with Crippen LogP contribution in [0.15, 0.2) is 54.6 Å². The SMILES string of the molecule is COCCN1CCC(NC(c2ccccc2)c2ccccc2N)C1. The Morgan fingerprint density at radius 3 is 2.67 bits per heavy atom. The number of benzene rings is 2.